The van der Waals surface area contributed by atoms with Gasteiger partial charge in [0, 0.05) is 25.1 Å². The monoisotopic (exact) mass is 437 g/mol. The first-order valence-corrected chi connectivity index (χ1v) is 11.9. The van der Waals surface area contributed by atoms with E-state index in [4.69, 9.17) is 9.47 Å². The zero-order chi connectivity index (χ0) is 22.6. The van der Waals surface area contributed by atoms with Gasteiger partial charge in [0.1, 0.15) is 5.75 Å². The lowest BCUT2D eigenvalue weighted by molar-refractivity contribution is -0.143. The van der Waals surface area contributed by atoms with Gasteiger partial charge in [-0.05, 0) is 74.8 Å². The summed E-state index contributed by atoms with van der Waals surface area (Å²) in [4.78, 5) is 26.0. The topological polar surface area (TPSA) is 55.8 Å². The highest BCUT2D eigenvalue weighted by Crippen LogP contribution is 2.24. The van der Waals surface area contributed by atoms with Gasteiger partial charge in [0.25, 0.3) is 5.91 Å². The quantitative estimate of drug-likeness (QED) is 0.354. The van der Waals surface area contributed by atoms with E-state index in [0.717, 1.165) is 55.6 Å². The fraction of sp³-hybridized carbons (Fsp3) is 0.481. The number of ether oxygens (including phenoxy) is 2. The van der Waals surface area contributed by atoms with Crippen molar-refractivity contribution in [1.29, 1.82) is 0 Å². The van der Waals surface area contributed by atoms with E-state index in [1.54, 1.807) is 0 Å². The van der Waals surface area contributed by atoms with E-state index < -0.39 is 0 Å². The molecular weight excluding hydrogens is 402 g/mol. The van der Waals surface area contributed by atoms with Gasteiger partial charge in [-0.25, -0.2) is 0 Å². The smallest absolute Gasteiger partial charge is 0.306 e. The number of hydrogen-bond donors (Lipinski definition) is 0. The Kier molecular flexibility index (Phi) is 9.60. The van der Waals surface area contributed by atoms with Gasteiger partial charge >= 0.3 is 5.97 Å². The molecule has 1 aliphatic heterocycles. The Hall–Kier alpha value is -2.82. The number of hydrogen-bond acceptors (Lipinski definition) is 4. The Morgan fingerprint density at radius 2 is 1.69 bits per heavy atom. The van der Waals surface area contributed by atoms with Crippen LogP contribution in [0.25, 0.3) is 0 Å². The molecule has 1 saturated heterocycles. The van der Waals surface area contributed by atoms with Crippen molar-refractivity contribution in [3.05, 3.63) is 65.7 Å². The number of piperidine rings is 1. The largest absolute Gasteiger partial charge is 0.494 e. The zero-order valence-corrected chi connectivity index (χ0v) is 19.1. The van der Waals surface area contributed by atoms with E-state index >= 15 is 0 Å². The Morgan fingerprint density at radius 3 is 2.38 bits per heavy atom. The highest BCUT2D eigenvalue weighted by Gasteiger charge is 2.23. The molecule has 2 aromatic carbocycles. The Labute approximate surface area is 191 Å². The molecule has 5 nitrogen and oxygen atoms in total. The number of unbranched alkanes of at least 4 members (excludes halogenated alkanes) is 1. The molecule has 0 saturated carbocycles. The number of carbonyl (C=O) groups is 2. The molecule has 1 aliphatic rings. The van der Waals surface area contributed by atoms with Crippen molar-refractivity contribution in [2.45, 2.75) is 51.9 Å². The van der Waals surface area contributed by atoms with Crippen LogP contribution in [0.3, 0.4) is 0 Å². The normalized spacial score (nSPS) is 14.2. The minimum Gasteiger partial charge on any atom is -0.494 e. The first kappa shape index (κ1) is 23.8. The lowest BCUT2D eigenvalue weighted by atomic mass is 9.91. The SMILES string of the molecule is CCOC(=O)CCc1ccc(OCCCCC2CCN(C(=O)c3ccccc3)CC2)cc1. The van der Waals surface area contributed by atoms with Crippen LogP contribution in [0.1, 0.15) is 61.4 Å². The number of carbonyl (C=O) groups excluding carboxylic acids is 2. The van der Waals surface area contributed by atoms with Crippen molar-refractivity contribution in [2.24, 2.45) is 5.92 Å². The summed E-state index contributed by atoms with van der Waals surface area (Å²) in [5.74, 6) is 1.58. The van der Waals surface area contributed by atoms with Crippen molar-refractivity contribution in [3.8, 4) is 5.75 Å². The van der Waals surface area contributed by atoms with E-state index in [9.17, 15) is 9.59 Å². The van der Waals surface area contributed by atoms with Gasteiger partial charge in [0.05, 0.1) is 13.2 Å². The molecule has 32 heavy (non-hydrogen) atoms. The van der Waals surface area contributed by atoms with Gasteiger partial charge in [-0.3, -0.25) is 9.59 Å². The fourth-order valence-corrected chi connectivity index (χ4v) is 4.15. The molecule has 0 bridgehead atoms. The van der Waals surface area contributed by atoms with Crippen LogP contribution in [0.4, 0.5) is 0 Å². The molecule has 0 aromatic heterocycles. The number of amides is 1. The summed E-state index contributed by atoms with van der Waals surface area (Å²) in [7, 11) is 0. The lowest BCUT2D eigenvalue weighted by Crippen LogP contribution is -2.38. The van der Waals surface area contributed by atoms with Gasteiger partial charge in [-0.15, -0.1) is 0 Å². The summed E-state index contributed by atoms with van der Waals surface area (Å²) >= 11 is 0. The molecule has 1 amide bonds. The number of esters is 1. The zero-order valence-electron chi connectivity index (χ0n) is 19.1. The average Bonchev–Trinajstić information content (AvgIpc) is 2.84. The number of rotatable bonds is 11. The van der Waals surface area contributed by atoms with Crippen LogP contribution in [-0.4, -0.2) is 43.1 Å². The number of likely N-dealkylation sites (tertiary alicyclic amines) is 1. The van der Waals surface area contributed by atoms with Crippen LogP contribution in [0.2, 0.25) is 0 Å². The third kappa shape index (κ3) is 7.70. The van der Waals surface area contributed by atoms with Crippen LogP contribution >= 0.6 is 0 Å². The van der Waals surface area contributed by atoms with Crippen LogP contribution < -0.4 is 4.74 Å². The molecule has 0 aliphatic carbocycles. The first-order valence-electron chi connectivity index (χ1n) is 11.9. The first-order chi connectivity index (χ1) is 15.7. The Bertz CT molecular complexity index is 826. The average molecular weight is 438 g/mol. The van der Waals surface area contributed by atoms with E-state index in [2.05, 4.69) is 0 Å². The second-order valence-electron chi connectivity index (χ2n) is 8.39. The predicted octanol–water partition coefficient (Wildman–Crippen LogP) is 5.28. The molecule has 1 heterocycles. The van der Waals surface area contributed by atoms with Gasteiger partial charge in [0.2, 0.25) is 0 Å². The third-order valence-electron chi connectivity index (χ3n) is 6.04. The van der Waals surface area contributed by atoms with Crippen LogP contribution in [-0.2, 0) is 16.0 Å². The molecular formula is C27H35NO4. The summed E-state index contributed by atoms with van der Waals surface area (Å²) < 4.78 is 10.8. The van der Waals surface area contributed by atoms with Crippen molar-refractivity contribution in [3.63, 3.8) is 0 Å². The van der Waals surface area contributed by atoms with Crippen LogP contribution in [0.15, 0.2) is 54.6 Å². The number of aryl methyl sites for hydroxylation is 1. The van der Waals surface area contributed by atoms with Crippen LogP contribution in [0, 0.1) is 5.92 Å². The van der Waals surface area contributed by atoms with Crippen molar-refractivity contribution in [1.82, 2.24) is 4.90 Å². The standard InChI is InChI=1S/C27H35NO4/c1-2-31-26(29)16-13-23-11-14-25(15-12-23)32-21-7-6-8-22-17-19-28(20-18-22)27(30)24-9-4-3-5-10-24/h3-5,9-12,14-15,22H,2,6-8,13,16-21H2,1H3. The number of benzene rings is 2. The number of nitrogens with zero attached hydrogens (tertiary/aromatic N) is 1. The Morgan fingerprint density at radius 1 is 0.969 bits per heavy atom. The molecule has 0 radical (unpaired) electrons. The van der Waals surface area contributed by atoms with E-state index in [1.807, 2.05) is 66.4 Å². The lowest BCUT2D eigenvalue weighted by Gasteiger charge is -2.32. The molecule has 0 atom stereocenters. The molecule has 1 fully saturated rings. The van der Waals surface area contributed by atoms with Gasteiger partial charge < -0.3 is 14.4 Å². The molecule has 5 heteroatoms. The second kappa shape index (κ2) is 12.9. The molecule has 2 aromatic rings. The predicted molar refractivity (Wildman–Crippen MR) is 126 cm³/mol. The van der Waals surface area contributed by atoms with Gasteiger partial charge in [-0.2, -0.15) is 0 Å². The van der Waals surface area contributed by atoms with Crippen molar-refractivity contribution >= 4 is 11.9 Å². The maximum absolute atomic E-state index is 12.5. The van der Waals surface area contributed by atoms with E-state index in [0.29, 0.717) is 32.0 Å². The molecule has 0 unspecified atom stereocenters. The minimum absolute atomic E-state index is 0.152. The van der Waals surface area contributed by atoms with Gasteiger partial charge in [-0.1, -0.05) is 36.8 Å². The van der Waals surface area contributed by atoms with Crippen molar-refractivity contribution in [2.75, 3.05) is 26.3 Å². The van der Waals surface area contributed by atoms with Crippen LogP contribution in [0.5, 0.6) is 5.75 Å². The maximum Gasteiger partial charge on any atom is 0.306 e. The molecule has 172 valence electrons. The summed E-state index contributed by atoms with van der Waals surface area (Å²) in [5.41, 5.74) is 1.90. The minimum atomic E-state index is -0.152. The second-order valence-corrected chi connectivity index (χ2v) is 8.39. The van der Waals surface area contributed by atoms with Gasteiger partial charge in [0.15, 0.2) is 0 Å². The highest BCUT2D eigenvalue weighted by atomic mass is 16.5. The summed E-state index contributed by atoms with van der Waals surface area (Å²) in [6.07, 6.45) is 6.66. The third-order valence-corrected chi connectivity index (χ3v) is 6.04. The summed E-state index contributed by atoms with van der Waals surface area (Å²) in [5, 5.41) is 0. The Balaban J connectivity index is 1.26. The molecule has 0 spiro atoms. The molecule has 3 rings (SSSR count). The highest BCUT2D eigenvalue weighted by molar-refractivity contribution is 5.94. The summed E-state index contributed by atoms with van der Waals surface area (Å²) in [6, 6.07) is 17.5. The van der Waals surface area contributed by atoms with E-state index in [1.165, 1.54) is 6.42 Å². The maximum atomic E-state index is 12.5. The van der Waals surface area contributed by atoms with E-state index in [-0.39, 0.29) is 11.9 Å². The fourth-order valence-electron chi connectivity index (χ4n) is 4.15. The van der Waals surface area contributed by atoms with Crippen molar-refractivity contribution < 1.29 is 19.1 Å². The molecule has 0 N–H and O–H groups in total. The summed E-state index contributed by atoms with van der Waals surface area (Å²) in [6.45, 7) is 4.68.